The van der Waals surface area contributed by atoms with Crippen LogP contribution >= 0.6 is 0 Å². The minimum absolute atomic E-state index is 0.148. The monoisotopic (exact) mass is 311 g/mol. The maximum Gasteiger partial charge on any atom is 0.0512 e. The molecule has 0 aromatic carbocycles. The summed E-state index contributed by atoms with van der Waals surface area (Å²) in [6.45, 7) is 7.53. The van der Waals surface area contributed by atoms with Gasteiger partial charge in [0.05, 0.1) is 6.10 Å². The molecule has 0 aliphatic rings. The molecular formula is C20H41NO. The number of hydrogen-bond acceptors (Lipinski definition) is 2. The lowest BCUT2D eigenvalue weighted by Crippen LogP contribution is -1.98. The highest BCUT2D eigenvalue weighted by Gasteiger charge is 2.01. The highest BCUT2D eigenvalue weighted by Crippen LogP contribution is 2.16. The van der Waals surface area contributed by atoms with E-state index in [1.165, 1.54) is 57.8 Å². The van der Waals surface area contributed by atoms with Crippen molar-refractivity contribution in [1.82, 2.24) is 0 Å². The molecule has 0 amide bonds. The molecule has 22 heavy (non-hydrogen) atoms. The Labute approximate surface area is 139 Å². The number of unbranched alkanes of at least 4 members (excludes halogenated alkanes) is 7. The Morgan fingerprint density at radius 3 is 2.18 bits per heavy atom. The second-order valence-electron chi connectivity index (χ2n) is 7.03. The molecule has 0 unspecified atom stereocenters. The van der Waals surface area contributed by atoms with Gasteiger partial charge in [0.1, 0.15) is 0 Å². The molecular weight excluding hydrogens is 270 g/mol. The van der Waals surface area contributed by atoms with Crippen LogP contribution in [0.3, 0.4) is 0 Å². The molecule has 0 saturated carbocycles. The lowest BCUT2D eigenvalue weighted by atomic mass is 9.97. The van der Waals surface area contributed by atoms with Crippen molar-refractivity contribution in [3.8, 4) is 0 Å². The zero-order valence-corrected chi connectivity index (χ0v) is 15.5. The van der Waals surface area contributed by atoms with Crippen LogP contribution < -0.4 is 0 Å². The van der Waals surface area contributed by atoms with Crippen molar-refractivity contribution in [1.29, 1.82) is 0 Å². The van der Waals surface area contributed by atoms with Gasteiger partial charge >= 0.3 is 0 Å². The molecule has 132 valence electrons. The van der Waals surface area contributed by atoms with Crippen LogP contribution in [0.5, 0.6) is 0 Å². The molecule has 0 saturated heterocycles. The first-order valence-corrected chi connectivity index (χ1v) is 9.83. The molecule has 0 bridgehead atoms. The molecule has 0 fully saturated rings. The summed E-state index contributed by atoms with van der Waals surface area (Å²) >= 11 is 0. The number of aliphatic hydroxyl groups is 1. The molecule has 0 heterocycles. The standard InChI is InChI=1S/C20H41NO/c1-4-5-6-7-8-10-14-19(2)15-13-18-21-17-12-9-11-16-20(3)22/h17,19-20,22H,4-16,18H2,1-3H3/b21-17+/t19-,20+/m0/s1. The molecule has 0 aliphatic carbocycles. The Morgan fingerprint density at radius 1 is 0.818 bits per heavy atom. The number of rotatable bonds is 16. The maximum absolute atomic E-state index is 9.16. The third-order valence-electron chi connectivity index (χ3n) is 4.37. The van der Waals surface area contributed by atoms with E-state index in [9.17, 15) is 0 Å². The van der Waals surface area contributed by atoms with Gasteiger partial charge in [-0.1, -0.05) is 65.2 Å². The quantitative estimate of drug-likeness (QED) is 0.268. The average Bonchev–Trinajstić information content (AvgIpc) is 2.48. The highest BCUT2D eigenvalue weighted by atomic mass is 16.3. The lowest BCUT2D eigenvalue weighted by Gasteiger charge is -2.10. The summed E-state index contributed by atoms with van der Waals surface area (Å²) in [5, 5.41) is 9.16. The van der Waals surface area contributed by atoms with Crippen molar-refractivity contribution >= 4 is 6.21 Å². The van der Waals surface area contributed by atoms with E-state index >= 15 is 0 Å². The second kappa shape index (κ2) is 17.0. The molecule has 0 radical (unpaired) electrons. The first kappa shape index (κ1) is 21.6. The first-order chi connectivity index (χ1) is 10.7. The maximum atomic E-state index is 9.16. The van der Waals surface area contributed by atoms with E-state index in [0.29, 0.717) is 0 Å². The van der Waals surface area contributed by atoms with E-state index < -0.39 is 0 Å². The van der Waals surface area contributed by atoms with Gasteiger partial charge in [-0.25, -0.2) is 0 Å². The van der Waals surface area contributed by atoms with Crippen molar-refractivity contribution in [2.45, 2.75) is 110 Å². The predicted molar refractivity (Wildman–Crippen MR) is 99.9 cm³/mol. The zero-order chi connectivity index (χ0) is 16.5. The van der Waals surface area contributed by atoms with Crippen molar-refractivity contribution < 1.29 is 5.11 Å². The number of nitrogens with zero attached hydrogens (tertiary/aromatic N) is 1. The Kier molecular flexibility index (Phi) is 16.7. The molecule has 0 aliphatic heterocycles. The molecule has 0 aromatic heterocycles. The summed E-state index contributed by atoms with van der Waals surface area (Å²) in [7, 11) is 0. The van der Waals surface area contributed by atoms with Gasteiger partial charge in [0.25, 0.3) is 0 Å². The molecule has 2 nitrogen and oxygen atoms in total. The van der Waals surface area contributed by atoms with Crippen molar-refractivity contribution in [2.75, 3.05) is 6.54 Å². The van der Waals surface area contributed by atoms with Gasteiger partial charge in [0, 0.05) is 6.54 Å². The SMILES string of the molecule is CCCCCCCC[C@H](C)CCC/N=C/CCCC[C@@H](C)O. The minimum atomic E-state index is -0.148. The van der Waals surface area contributed by atoms with Crippen molar-refractivity contribution in [3.05, 3.63) is 0 Å². The van der Waals surface area contributed by atoms with Gasteiger partial charge in [-0.05, 0) is 51.2 Å². The van der Waals surface area contributed by atoms with Crippen LogP contribution in [0.1, 0.15) is 104 Å². The van der Waals surface area contributed by atoms with Crippen LogP contribution in [-0.4, -0.2) is 24.0 Å². The van der Waals surface area contributed by atoms with Gasteiger partial charge in [-0.2, -0.15) is 0 Å². The average molecular weight is 312 g/mol. The smallest absolute Gasteiger partial charge is 0.0512 e. The summed E-state index contributed by atoms with van der Waals surface area (Å²) in [4.78, 5) is 4.50. The summed E-state index contributed by atoms with van der Waals surface area (Å²) in [5.41, 5.74) is 0. The third-order valence-corrected chi connectivity index (χ3v) is 4.37. The Bertz CT molecular complexity index is 238. The van der Waals surface area contributed by atoms with E-state index in [1.807, 2.05) is 6.92 Å². The van der Waals surface area contributed by atoms with Gasteiger partial charge in [0.2, 0.25) is 0 Å². The van der Waals surface area contributed by atoms with Crippen molar-refractivity contribution in [2.24, 2.45) is 10.9 Å². The third kappa shape index (κ3) is 17.7. The zero-order valence-electron chi connectivity index (χ0n) is 15.5. The van der Waals surface area contributed by atoms with E-state index in [0.717, 1.165) is 38.1 Å². The van der Waals surface area contributed by atoms with Gasteiger partial charge in [0.15, 0.2) is 0 Å². The highest BCUT2D eigenvalue weighted by molar-refractivity contribution is 5.56. The minimum Gasteiger partial charge on any atom is -0.393 e. The summed E-state index contributed by atoms with van der Waals surface area (Å²) in [6.07, 6.45) is 18.6. The van der Waals surface area contributed by atoms with Crippen LogP contribution in [0, 0.1) is 5.92 Å². The van der Waals surface area contributed by atoms with Crippen LogP contribution in [0.15, 0.2) is 4.99 Å². The molecule has 2 heteroatoms. The molecule has 1 N–H and O–H groups in total. The fraction of sp³-hybridized carbons (Fsp3) is 0.950. The number of hydrogen-bond donors (Lipinski definition) is 1. The topological polar surface area (TPSA) is 32.6 Å². The summed E-state index contributed by atoms with van der Waals surface area (Å²) in [5.74, 6) is 0.868. The molecule has 0 rings (SSSR count). The van der Waals surface area contributed by atoms with Gasteiger partial charge in [-0.15, -0.1) is 0 Å². The largest absolute Gasteiger partial charge is 0.393 e. The van der Waals surface area contributed by atoms with E-state index in [4.69, 9.17) is 5.11 Å². The lowest BCUT2D eigenvalue weighted by molar-refractivity contribution is 0.181. The van der Waals surface area contributed by atoms with E-state index in [1.54, 1.807) is 0 Å². The Morgan fingerprint density at radius 2 is 1.45 bits per heavy atom. The van der Waals surface area contributed by atoms with E-state index in [-0.39, 0.29) is 6.10 Å². The fourth-order valence-corrected chi connectivity index (χ4v) is 2.81. The fourth-order valence-electron chi connectivity index (χ4n) is 2.81. The Balaban J connectivity index is 3.25. The van der Waals surface area contributed by atoms with Crippen LogP contribution in [-0.2, 0) is 0 Å². The van der Waals surface area contributed by atoms with E-state index in [2.05, 4.69) is 25.1 Å². The van der Waals surface area contributed by atoms with Gasteiger partial charge in [-0.3, -0.25) is 4.99 Å². The number of aliphatic imine (C=N–C) groups is 1. The summed E-state index contributed by atoms with van der Waals surface area (Å²) < 4.78 is 0. The predicted octanol–water partition coefficient (Wildman–Crippen LogP) is 6.17. The van der Waals surface area contributed by atoms with Crippen molar-refractivity contribution in [3.63, 3.8) is 0 Å². The number of aliphatic hydroxyl groups excluding tert-OH is 1. The molecule has 2 atom stereocenters. The second-order valence-corrected chi connectivity index (χ2v) is 7.03. The van der Waals surface area contributed by atoms with Crippen LogP contribution in [0.4, 0.5) is 0 Å². The molecule has 0 aromatic rings. The first-order valence-electron chi connectivity index (χ1n) is 9.83. The Hall–Kier alpha value is -0.370. The normalized spacial score (nSPS) is 14.5. The van der Waals surface area contributed by atoms with Crippen LogP contribution in [0.25, 0.3) is 0 Å². The summed E-state index contributed by atoms with van der Waals surface area (Å²) in [6, 6.07) is 0. The van der Waals surface area contributed by atoms with Gasteiger partial charge < -0.3 is 5.11 Å². The molecule has 0 spiro atoms. The van der Waals surface area contributed by atoms with Crippen LogP contribution in [0.2, 0.25) is 0 Å².